The van der Waals surface area contributed by atoms with Crippen molar-refractivity contribution in [1.29, 1.82) is 0 Å². The highest BCUT2D eigenvalue weighted by Gasteiger charge is 2.31. The lowest BCUT2D eigenvalue weighted by molar-refractivity contribution is -0.140. The van der Waals surface area contributed by atoms with Gasteiger partial charge in [-0.3, -0.25) is 9.59 Å². The SMILES string of the molecule is C[C@H](Oc1ccc(Cl)cc1Cl)C(=O)N1CCC[C@H](C(=O)Nc2ccccc2)C1. The monoisotopic (exact) mass is 420 g/mol. The number of ether oxygens (including phenoxy) is 1. The molecule has 0 aromatic heterocycles. The van der Waals surface area contributed by atoms with E-state index in [1.807, 2.05) is 30.3 Å². The van der Waals surface area contributed by atoms with E-state index in [0.717, 1.165) is 18.5 Å². The van der Waals surface area contributed by atoms with Crippen LogP contribution in [0.15, 0.2) is 48.5 Å². The number of benzene rings is 2. The van der Waals surface area contributed by atoms with Crippen molar-refractivity contribution in [2.75, 3.05) is 18.4 Å². The second-order valence-electron chi connectivity index (χ2n) is 6.81. The quantitative estimate of drug-likeness (QED) is 0.766. The number of amides is 2. The summed E-state index contributed by atoms with van der Waals surface area (Å²) in [5, 5.41) is 3.77. The summed E-state index contributed by atoms with van der Waals surface area (Å²) in [6.45, 7) is 2.66. The number of nitrogens with zero attached hydrogens (tertiary/aromatic N) is 1. The van der Waals surface area contributed by atoms with E-state index in [1.54, 1.807) is 30.0 Å². The minimum atomic E-state index is -0.713. The van der Waals surface area contributed by atoms with Crippen LogP contribution in [0.4, 0.5) is 5.69 Å². The number of piperidine rings is 1. The van der Waals surface area contributed by atoms with Gasteiger partial charge in [0.15, 0.2) is 6.10 Å². The average Bonchev–Trinajstić information content (AvgIpc) is 2.70. The summed E-state index contributed by atoms with van der Waals surface area (Å²) in [6, 6.07) is 14.2. The zero-order valence-electron chi connectivity index (χ0n) is 15.5. The van der Waals surface area contributed by atoms with Gasteiger partial charge in [0, 0.05) is 23.8 Å². The molecule has 0 spiro atoms. The van der Waals surface area contributed by atoms with Gasteiger partial charge in [-0.05, 0) is 50.1 Å². The van der Waals surface area contributed by atoms with Gasteiger partial charge in [0.25, 0.3) is 5.91 Å². The van der Waals surface area contributed by atoms with Crippen molar-refractivity contribution in [2.45, 2.75) is 25.9 Å². The van der Waals surface area contributed by atoms with Crippen LogP contribution in [-0.2, 0) is 9.59 Å². The summed E-state index contributed by atoms with van der Waals surface area (Å²) in [5.74, 6) is -0.0761. The Morgan fingerprint density at radius 1 is 1.18 bits per heavy atom. The Kier molecular flexibility index (Phi) is 6.81. The number of hydrogen-bond donors (Lipinski definition) is 1. The molecule has 0 bridgehead atoms. The van der Waals surface area contributed by atoms with E-state index in [0.29, 0.717) is 28.9 Å². The number of halogens is 2. The van der Waals surface area contributed by atoms with Gasteiger partial charge < -0.3 is 15.0 Å². The maximum absolute atomic E-state index is 12.8. The van der Waals surface area contributed by atoms with Gasteiger partial charge >= 0.3 is 0 Å². The highest BCUT2D eigenvalue weighted by molar-refractivity contribution is 6.35. The molecule has 0 aliphatic carbocycles. The van der Waals surface area contributed by atoms with Crippen LogP contribution in [0.2, 0.25) is 10.0 Å². The first-order chi connectivity index (χ1) is 13.4. The molecule has 2 aromatic carbocycles. The van der Waals surface area contributed by atoms with Gasteiger partial charge in [0.05, 0.1) is 10.9 Å². The van der Waals surface area contributed by atoms with Crippen molar-refractivity contribution < 1.29 is 14.3 Å². The van der Waals surface area contributed by atoms with Crippen molar-refractivity contribution >= 4 is 40.7 Å². The number of para-hydroxylation sites is 1. The maximum atomic E-state index is 12.8. The Balaban J connectivity index is 1.59. The summed E-state index contributed by atoms with van der Waals surface area (Å²) in [5.41, 5.74) is 0.755. The molecule has 1 N–H and O–H groups in total. The molecule has 0 unspecified atom stereocenters. The maximum Gasteiger partial charge on any atom is 0.263 e. The summed E-state index contributed by atoms with van der Waals surface area (Å²) < 4.78 is 5.72. The van der Waals surface area contributed by atoms with Crippen LogP contribution in [0.3, 0.4) is 0 Å². The molecular weight excluding hydrogens is 399 g/mol. The van der Waals surface area contributed by atoms with Crippen molar-refractivity contribution in [2.24, 2.45) is 5.92 Å². The number of anilines is 1. The molecule has 2 amide bonds. The van der Waals surface area contributed by atoms with Crippen LogP contribution in [0.1, 0.15) is 19.8 Å². The van der Waals surface area contributed by atoms with Gasteiger partial charge in [0.2, 0.25) is 5.91 Å². The summed E-state index contributed by atoms with van der Waals surface area (Å²) >= 11 is 12.0. The van der Waals surface area contributed by atoms with Gasteiger partial charge in [-0.2, -0.15) is 0 Å². The number of carbonyl (C=O) groups is 2. The number of likely N-dealkylation sites (tertiary alicyclic amines) is 1. The van der Waals surface area contributed by atoms with E-state index in [1.165, 1.54) is 0 Å². The molecule has 1 saturated heterocycles. The third-order valence-corrected chi connectivity index (χ3v) is 5.22. The first-order valence-corrected chi connectivity index (χ1v) is 9.96. The number of carbonyl (C=O) groups excluding carboxylic acids is 2. The fraction of sp³-hybridized carbons (Fsp3) is 0.333. The highest BCUT2D eigenvalue weighted by Crippen LogP contribution is 2.29. The van der Waals surface area contributed by atoms with Gasteiger partial charge in [-0.15, -0.1) is 0 Å². The smallest absolute Gasteiger partial charge is 0.263 e. The molecule has 7 heteroatoms. The average molecular weight is 421 g/mol. The Bertz CT molecular complexity index is 845. The van der Waals surface area contributed by atoms with Crippen molar-refractivity contribution in [3.05, 3.63) is 58.6 Å². The zero-order chi connectivity index (χ0) is 20.1. The van der Waals surface area contributed by atoms with Crippen LogP contribution in [-0.4, -0.2) is 35.9 Å². The number of nitrogens with one attached hydrogen (secondary N) is 1. The van der Waals surface area contributed by atoms with Gasteiger partial charge in [-0.1, -0.05) is 41.4 Å². The third kappa shape index (κ3) is 5.18. The van der Waals surface area contributed by atoms with Crippen LogP contribution in [0.5, 0.6) is 5.75 Å². The topological polar surface area (TPSA) is 58.6 Å². The molecule has 3 rings (SSSR count). The first kappa shape index (κ1) is 20.5. The summed E-state index contributed by atoms with van der Waals surface area (Å²) in [7, 11) is 0. The molecule has 2 aromatic rings. The molecule has 148 valence electrons. The molecular formula is C21H22Cl2N2O3. The molecule has 28 heavy (non-hydrogen) atoms. The Hall–Kier alpha value is -2.24. The number of rotatable bonds is 5. The minimum Gasteiger partial charge on any atom is -0.479 e. The van der Waals surface area contributed by atoms with E-state index < -0.39 is 6.10 Å². The molecule has 5 nitrogen and oxygen atoms in total. The van der Waals surface area contributed by atoms with Crippen LogP contribution in [0, 0.1) is 5.92 Å². The molecule has 2 atom stereocenters. The Morgan fingerprint density at radius 2 is 1.93 bits per heavy atom. The van der Waals surface area contributed by atoms with Crippen molar-refractivity contribution in [3.8, 4) is 5.75 Å². The zero-order valence-corrected chi connectivity index (χ0v) is 17.0. The van der Waals surface area contributed by atoms with Crippen LogP contribution in [0.25, 0.3) is 0 Å². The fourth-order valence-electron chi connectivity index (χ4n) is 3.23. The first-order valence-electron chi connectivity index (χ1n) is 9.20. The van der Waals surface area contributed by atoms with Gasteiger partial charge in [-0.25, -0.2) is 0 Å². The second-order valence-corrected chi connectivity index (χ2v) is 7.66. The third-order valence-electron chi connectivity index (χ3n) is 4.69. The normalized spacial score (nSPS) is 17.7. The van der Waals surface area contributed by atoms with Crippen LogP contribution < -0.4 is 10.1 Å². The molecule has 0 radical (unpaired) electrons. The van der Waals surface area contributed by atoms with E-state index in [2.05, 4.69) is 5.32 Å². The lowest BCUT2D eigenvalue weighted by atomic mass is 9.96. The molecule has 0 saturated carbocycles. The molecule has 1 aliphatic rings. The largest absolute Gasteiger partial charge is 0.479 e. The second kappa shape index (κ2) is 9.30. The summed E-state index contributed by atoms with van der Waals surface area (Å²) in [4.78, 5) is 27.1. The summed E-state index contributed by atoms with van der Waals surface area (Å²) in [6.07, 6.45) is 0.808. The van der Waals surface area contributed by atoms with E-state index >= 15 is 0 Å². The predicted octanol–water partition coefficient (Wildman–Crippen LogP) is 4.64. The minimum absolute atomic E-state index is 0.0713. The van der Waals surface area contributed by atoms with E-state index in [4.69, 9.17) is 27.9 Å². The molecule has 1 aliphatic heterocycles. The number of hydrogen-bond acceptors (Lipinski definition) is 3. The van der Waals surface area contributed by atoms with Gasteiger partial charge in [0.1, 0.15) is 5.75 Å². The Morgan fingerprint density at radius 3 is 2.64 bits per heavy atom. The van der Waals surface area contributed by atoms with Crippen molar-refractivity contribution in [1.82, 2.24) is 4.90 Å². The highest BCUT2D eigenvalue weighted by atomic mass is 35.5. The molecule has 1 heterocycles. The van der Waals surface area contributed by atoms with Crippen molar-refractivity contribution in [3.63, 3.8) is 0 Å². The fourth-order valence-corrected chi connectivity index (χ4v) is 3.68. The standard InChI is InChI=1S/C21H22Cl2N2O3/c1-14(28-19-10-9-16(22)12-18(19)23)21(27)25-11-5-6-15(13-25)20(26)24-17-7-3-2-4-8-17/h2-4,7-10,12,14-15H,5-6,11,13H2,1H3,(H,24,26)/t14-,15-/m0/s1. The van der Waals surface area contributed by atoms with E-state index in [-0.39, 0.29) is 17.7 Å². The predicted molar refractivity (Wildman–Crippen MR) is 111 cm³/mol. The lowest BCUT2D eigenvalue weighted by Crippen LogP contribution is -2.48. The van der Waals surface area contributed by atoms with E-state index in [9.17, 15) is 9.59 Å². The Labute approximate surface area is 174 Å². The molecule has 1 fully saturated rings. The lowest BCUT2D eigenvalue weighted by Gasteiger charge is -2.33. The van der Waals surface area contributed by atoms with Crippen LogP contribution >= 0.6 is 23.2 Å².